The van der Waals surface area contributed by atoms with Crippen LogP contribution in [0.4, 0.5) is 4.79 Å². The van der Waals surface area contributed by atoms with Crippen molar-refractivity contribution in [3.05, 3.63) is 29.3 Å². The molecule has 84 valence electrons. The largest absolute Gasteiger partial charge is 0.507 e. The van der Waals surface area contributed by atoms with Gasteiger partial charge in [-0.3, -0.25) is 0 Å². The number of phenols is 1. The standard InChI is InChI=1S/C11H12N2O3/c1-13(2)11(15)16-7-8-3-4-10(14)9(5-8)6-12/h3-5,14H,7H2,1-2H3. The second-order valence-electron chi connectivity index (χ2n) is 3.41. The highest BCUT2D eigenvalue weighted by Crippen LogP contribution is 2.17. The molecular formula is C11H12N2O3. The Bertz CT molecular complexity index is 435. The molecule has 1 aromatic rings. The number of carbonyl (C=O) groups is 1. The zero-order valence-electron chi connectivity index (χ0n) is 9.10. The lowest BCUT2D eigenvalue weighted by Gasteiger charge is -2.11. The van der Waals surface area contributed by atoms with Crippen LogP contribution in [-0.2, 0) is 11.3 Å². The van der Waals surface area contributed by atoms with Crippen molar-refractivity contribution in [2.75, 3.05) is 14.1 Å². The van der Waals surface area contributed by atoms with Crippen LogP contribution in [0.5, 0.6) is 5.75 Å². The second kappa shape index (κ2) is 5.03. The topological polar surface area (TPSA) is 73.6 Å². The van der Waals surface area contributed by atoms with E-state index in [0.29, 0.717) is 5.56 Å². The molecule has 1 rings (SSSR count). The first-order chi connectivity index (χ1) is 7.54. The van der Waals surface area contributed by atoms with E-state index in [2.05, 4.69) is 0 Å². The second-order valence-corrected chi connectivity index (χ2v) is 3.41. The van der Waals surface area contributed by atoms with E-state index in [4.69, 9.17) is 10.00 Å². The monoisotopic (exact) mass is 220 g/mol. The number of phenolic OH excluding ortho intramolecular Hbond substituents is 1. The maximum absolute atomic E-state index is 11.1. The molecule has 0 radical (unpaired) electrons. The fraction of sp³-hybridized carbons (Fsp3) is 0.273. The molecule has 0 heterocycles. The molecule has 0 unspecified atom stereocenters. The zero-order valence-corrected chi connectivity index (χ0v) is 9.10. The summed E-state index contributed by atoms with van der Waals surface area (Å²) in [4.78, 5) is 12.4. The van der Waals surface area contributed by atoms with Gasteiger partial charge in [0.2, 0.25) is 0 Å². The number of nitriles is 1. The third kappa shape index (κ3) is 2.89. The first-order valence-electron chi connectivity index (χ1n) is 4.60. The smallest absolute Gasteiger partial charge is 0.409 e. The van der Waals surface area contributed by atoms with Crippen LogP contribution in [0, 0.1) is 11.3 Å². The van der Waals surface area contributed by atoms with Gasteiger partial charge >= 0.3 is 6.09 Å². The van der Waals surface area contributed by atoms with Gasteiger partial charge in [0, 0.05) is 14.1 Å². The number of nitrogens with zero attached hydrogens (tertiary/aromatic N) is 2. The van der Waals surface area contributed by atoms with Gasteiger partial charge in [0.1, 0.15) is 18.4 Å². The van der Waals surface area contributed by atoms with Crippen molar-refractivity contribution in [2.45, 2.75) is 6.61 Å². The Kier molecular flexibility index (Phi) is 3.72. The molecule has 0 saturated carbocycles. The van der Waals surface area contributed by atoms with E-state index < -0.39 is 6.09 Å². The SMILES string of the molecule is CN(C)C(=O)OCc1ccc(O)c(C#N)c1. The molecule has 0 aromatic heterocycles. The Balaban J connectivity index is 2.69. The summed E-state index contributed by atoms with van der Waals surface area (Å²) >= 11 is 0. The Hall–Kier alpha value is -2.22. The van der Waals surface area contributed by atoms with Crippen LogP contribution in [-0.4, -0.2) is 30.2 Å². The molecular weight excluding hydrogens is 208 g/mol. The van der Waals surface area contributed by atoms with Crippen molar-refractivity contribution in [1.29, 1.82) is 5.26 Å². The molecule has 1 N–H and O–H groups in total. The fourth-order valence-electron chi connectivity index (χ4n) is 1.04. The summed E-state index contributed by atoms with van der Waals surface area (Å²) in [5.74, 6) is -0.0785. The van der Waals surface area contributed by atoms with Gasteiger partial charge in [-0.25, -0.2) is 4.79 Å². The summed E-state index contributed by atoms with van der Waals surface area (Å²) < 4.78 is 4.92. The van der Waals surface area contributed by atoms with Gasteiger partial charge in [0.15, 0.2) is 0 Å². The van der Waals surface area contributed by atoms with Crippen LogP contribution in [0.1, 0.15) is 11.1 Å². The number of carbonyl (C=O) groups excluding carboxylic acids is 1. The summed E-state index contributed by atoms with van der Waals surface area (Å²) in [6.07, 6.45) is -0.452. The number of aromatic hydroxyl groups is 1. The summed E-state index contributed by atoms with van der Waals surface area (Å²) in [7, 11) is 3.17. The molecule has 0 saturated heterocycles. The maximum Gasteiger partial charge on any atom is 0.409 e. The molecule has 5 nitrogen and oxygen atoms in total. The predicted octanol–water partition coefficient (Wildman–Crippen LogP) is 1.46. The van der Waals surface area contributed by atoms with Crippen molar-refractivity contribution in [3.63, 3.8) is 0 Å². The third-order valence-electron chi connectivity index (χ3n) is 1.91. The van der Waals surface area contributed by atoms with E-state index in [-0.39, 0.29) is 17.9 Å². The van der Waals surface area contributed by atoms with Crippen LogP contribution < -0.4 is 0 Å². The Morgan fingerprint density at radius 3 is 2.81 bits per heavy atom. The fourth-order valence-corrected chi connectivity index (χ4v) is 1.04. The van der Waals surface area contributed by atoms with Crippen LogP contribution in [0.2, 0.25) is 0 Å². The zero-order chi connectivity index (χ0) is 12.1. The van der Waals surface area contributed by atoms with Gasteiger partial charge in [-0.15, -0.1) is 0 Å². The summed E-state index contributed by atoms with van der Waals surface area (Å²) in [6, 6.07) is 6.33. The summed E-state index contributed by atoms with van der Waals surface area (Å²) in [5.41, 5.74) is 0.822. The molecule has 1 aromatic carbocycles. The highest BCUT2D eigenvalue weighted by Gasteiger charge is 2.06. The highest BCUT2D eigenvalue weighted by molar-refractivity contribution is 5.66. The molecule has 0 spiro atoms. The van der Waals surface area contributed by atoms with Crippen molar-refractivity contribution >= 4 is 6.09 Å². The van der Waals surface area contributed by atoms with Crippen LogP contribution in [0.25, 0.3) is 0 Å². The van der Waals surface area contributed by atoms with Crippen molar-refractivity contribution < 1.29 is 14.6 Å². The van der Waals surface area contributed by atoms with Crippen LogP contribution in [0.15, 0.2) is 18.2 Å². The average molecular weight is 220 g/mol. The molecule has 0 atom stereocenters. The first-order valence-corrected chi connectivity index (χ1v) is 4.60. The van der Waals surface area contributed by atoms with Gasteiger partial charge in [0.05, 0.1) is 5.56 Å². The number of hydrogen-bond donors (Lipinski definition) is 1. The predicted molar refractivity (Wildman–Crippen MR) is 56.7 cm³/mol. The number of hydrogen-bond acceptors (Lipinski definition) is 4. The average Bonchev–Trinajstić information content (AvgIpc) is 2.27. The minimum atomic E-state index is -0.452. The number of ether oxygens (including phenoxy) is 1. The van der Waals surface area contributed by atoms with E-state index in [1.807, 2.05) is 6.07 Å². The van der Waals surface area contributed by atoms with Crippen molar-refractivity contribution in [1.82, 2.24) is 4.90 Å². The van der Waals surface area contributed by atoms with Gasteiger partial charge in [-0.2, -0.15) is 5.26 Å². The van der Waals surface area contributed by atoms with E-state index in [1.54, 1.807) is 20.2 Å². The molecule has 0 aliphatic rings. The molecule has 5 heteroatoms. The summed E-state index contributed by atoms with van der Waals surface area (Å²) in [6.45, 7) is 0.0754. The lowest BCUT2D eigenvalue weighted by Crippen LogP contribution is -2.22. The number of benzene rings is 1. The molecule has 1 amide bonds. The molecule has 16 heavy (non-hydrogen) atoms. The van der Waals surface area contributed by atoms with Crippen molar-refractivity contribution in [3.8, 4) is 11.8 Å². The van der Waals surface area contributed by atoms with E-state index in [0.717, 1.165) is 0 Å². The first kappa shape index (κ1) is 11.9. The normalized spacial score (nSPS) is 9.31. The van der Waals surface area contributed by atoms with E-state index >= 15 is 0 Å². The van der Waals surface area contributed by atoms with E-state index in [1.165, 1.54) is 17.0 Å². The molecule has 0 bridgehead atoms. The van der Waals surface area contributed by atoms with Crippen LogP contribution >= 0.6 is 0 Å². The molecule has 0 fully saturated rings. The Morgan fingerprint density at radius 2 is 2.25 bits per heavy atom. The van der Waals surface area contributed by atoms with Crippen LogP contribution in [0.3, 0.4) is 0 Å². The Morgan fingerprint density at radius 1 is 1.56 bits per heavy atom. The highest BCUT2D eigenvalue weighted by atomic mass is 16.6. The number of rotatable bonds is 2. The van der Waals surface area contributed by atoms with Crippen molar-refractivity contribution in [2.24, 2.45) is 0 Å². The number of amides is 1. The minimum Gasteiger partial charge on any atom is -0.507 e. The van der Waals surface area contributed by atoms with Gasteiger partial charge < -0.3 is 14.7 Å². The van der Waals surface area contributed by atoms with E-state index in [9.17, 15) is 9.90 Å². The summed E-state index contributed by atoms with van der Waals surface area (Å²) in [5, 5.41) is 17.9. The lowest BCUT2D eigenvalue weighted by molar-refractivity contribution is 0.112. The quantitative estimate of drug-likeness (QED) is 0.818. The third-order valence-corrected chi connectivity index (χ3v) is 1.91. The van der Waals surface area contributed by atoms with Gasteiger partial charge in [0.25, 0.3) is 0 Å². The van der Waals surface area contributed by atoms with Gasteiger partial charge in [-0.1, -0.05) is 6.07 Å². The minimum absolute atomic E-state index is 0.0754. The maximum atomic E-state index is 11.1. The molecule has 0 aliphatic carbocycles. The van der Waals surface area contributed by atoms with Gasteiger partial charge in [-0.05, 0) is 17.7 Å². The molecule has 0 aliphatic heterocycles. The Labute approximate surface area is 93.5 Å². The lowest BCUT2D eigenvalue weighted by atomic mass is 10.1.